The van der Waals surface area contributed by atoms with E-state index in [1.807, 2.05) is 11.0 Å². The van der Waals surface area contributed by atoms with Crippen LogP contribution in [0.5, 0.6) is 0 Å². The number of hydrogen-bond donors (Lipinski definition) is 1. The van der Waals surface area contributed by atoms with Gasteiger partial charge in [-0.05, 0) is 42.8 Å². The summed E-state index contributed by atoms with van der Waals surface area (Å²) in [5, 5.41) is 3.40. The van der Waals surface area contributed by atoms with Crippen LogP contribution >= 0.6 is 11.6 Å². The zero-order valence-electron chi connectivity index (χ0n) is 13.5. The van der Waals surface area contributed by atoms with Gasteiger partial charge in [0.1, 0.15) is 5.76 Å². The van der Waals surface area contributed by atoms with E-state index in [2.05, 4.69) is 5.32 Å². The number of anilines is 1. The molecule has 2 aromatic rings. The lowest BCUT2D eigenvalue weighted by Gasteiger charge is -2.26. The molecule has 1 fully saturated rings. The van der Waals surface area contributed by atoms with Gasteiger partial charge in [-0.15, -0.1) is 0 Å². The first-order valence-electron chi connectivity index (χ1n) is 7.93. The molecule has 3 rings (SSSR count). The third kappa shape index (κ3) is 5.07. The van der Waals surface area contributed by atoms with Gasteiger partial charge in [0.25, 0.3) is 0 Å². The third-order valence-corrected chi connectivity index (χ3v) is 6.14. The average Bonchev–Trinajstić information content (AvgIpc) is 3.18. The molecule has 1 aromatic heterocycles. The quantitative estimate of drug-likeness (QED) is 0.830. The Hall–Kier alpha value is -1.83. The molecule has 8 heteroatoms. The molecule has 2 heterocycles. The van der Waals surface area contributed by atoms with Crippen LogP contribution in [-0.2, 0) is 21.2 Å². The molecule has 1 atom stereocenters. The second-order valence-electron chi connectivity index (χ2n) is 6.10. The molecule has 0 unspecified atom stereocenters. The zero-order chi connectivity index (χ0) is 17.9. The number of sulfone groups is 1. The fraction of sp³-hybridized carbons (Fsp3) is 0.353. The van der Waals surface area contributed by atoms with E-state index in [0.717, 1.165) is 0 Å². The van der Waals surface area contributed by atoms with Crippen LogP contribution in [0.15, 0.2) is 47.1 Å². The third-order valence-electron chi connectivity index (χ3n) is 4.14. The van der Waals surface area contributed by atoms with Crippen LogP contribution in [-0.4, -0.2) is 43.3 Å². The van der Waals surface area contributed by atoms with Gasteiger partial charge in [0.2, 0.25) is 5.91 Å². The number of nitrogens with zero attached hydrogens (tertiary/aromatic N) is 1. The molecule has 25 heavy (non-hydrogen) atoms. The predicted octanol–water partition coefficient (Wildman–Crippen LogP) is 2.56. The van der Waals surface area contributed by atoms with E-state index >= 15 is 0 Å². The van der Waals surface area contributed by atoms with Crippen LogP contribution in [0.4, 0.5) is 5.69 Å². The Morgan fingerprint density at radius 1 is 1.28 bits per heavy atom. The van der Waals surface area contributed by atoms with Gasteiger partial charge < -0.3 is 9.73 Å². The van der Waals surface area contributed by atoms with Gasteiger partial charge in [0, 0.05) is 16.8 Å². The predicted molar refractivity (Wildman–Crippen MR) is 96.3 cm³/mol. The van der Waals surface area contributed by atoms with Crippen LogP contribution in [0.25, 0.3) is 0 Å². The van der Waals surface area contributed by atoms with Crippen molar-refractivity contribution in [2.45, 2.75) is 19.0 Å². The van der Waals surface area contributed by atoms with Crippen molar-refractivity contribution < 1.29 is 17.6 Å². The summed E-state index contributed by atoms with van der Waals surface area (Å²) in [5.41, 5.74) is 0.645. The molecule has 6 nitrogen and oxygen atoms in total. The second-order valence-corrected chi connectivity index (χ2v) is 8.76. The maximum Gasteiger partial charge on any atom is 0.238 e. The molecule has 0 aliphatic carbocycles. The van der Waals surface area contributed by atoms with Crippen LogP contribution in [0, 0.1) is 0 Å². The SMILES string of the molecule is O=C(CN(Cc1ccco1)[C@H]1CCS(=O)(=O)C1)Nc1ccc(Cl)cc1. The smallest absolute Gasteiger partial charge is 0.238 e. The van der Waals surface area contributed by atoms with E-state index in [1.165, 1.54) is 0 Å². The largest absolute Gasteiger partial charge is 0.468 e. The lowest BCUT2D eigenvalue weighted by atomic mass is 10.2. The van der Waals surface area contributed by atoms with Gasteiger partial charge in [-0.3, -0.25) is 9.69 Å². The highest BCUT2D eigenvalue weighted by Gasteiger charge is 2.33. The van der Waals surface area contributed by atoms with Crippen molar-refractivity contribution in [3.8, 4) is 0 Å². The molecule has 0 radical (unpaired) electrons. The summed E-state index contributed by atoms with van der Waals surface area (Å²) in [5.74, 6) is 0.717. The minimum Gasteiger partial charge on any atom is -0.468 e. The van der Waals surface area contributed by atoms with E-state index in [0.29, 0.717) is 29.4 Å². The summed E-state index contributed by atoms with van der Waals surface area (Å²) >= 11 is 5.84. The Labute approximate surface area is 151 Å². The minimum atomic E-state index is -3.04. The molecule has 1 aromatic carbocycles. The Kier molecular flexibility index (Phi) is 5.46. The van der Waals surface area contributed by atoms with Gasteiger partial charge >= 0.3 is 0 Å². The van der Waals surface area contributed by atoms with Crippen molar-refractivity contribution in [1.82, 2.24) is 4.90 Å². The maximum absolute atomic E-state index is 12.4. The Morgan fingerprint density at radius 2 is 2.04 bits per heavy atom. The molecule has 1 amide bonds. The topological polar surface area (TPSA) is 79.6 Å². The lowest BCUT2D eigenvalue weighted by molar-refractivity contribution is -0.118. The number of amides is 1. The molecule has 1 aliphatic heterocycles. The van der Waals surface area contributed by atoms with E-state index < -0.39 is 9.84 Å². The van der Waals surface area contributed by atoms with Crippen LogP contribution in [0.3, 0.4) is 0 Å². The van der Waals surface area contributed by atoms with E-state index in [9.17, 15) is 13.2 Å². The Morgan fingerprint density at radius 3 is 2.64 bits per heavy atom. The molecule has 1 aliphatic rings. The summed E-state index contributed by atoms with van der Waals surface area (Å²) in [6.07, 6.45) is 2.09. The fourth-order valence-electron chi connectivity index (χ4n) is 2.90. The Balaban J connectivity index is 1.68. The average molecular weight is 383 g/mol. The standard InChI is InChI=1S/C17H19ClN2O4S/c18-13-3-5-14(6-4-13)19-17(21)11-20(10-16-2-1-8-24-16)15-7-9-25(22,23)12-15/h1-6,8,15H,7,9-12H2,(H,19,21)/t15-/m0/s1. The van der Waals surface area contributed by atoms with Crippen molar-refractivity contribution in [2.75, 3.05) is 23.4 Å². The summed E-state index contributed by atoms with van der Waals surface area (Å²) in [4.78, 5) is 14.2. The number of benzene rings is 1. The Bertz CT molecular complexity index is 819. The molecule has 0 saturated carbocycles. The maximum atomic E-state index is 12.4. The number of carbonyl (C=O) groups is 1. The summed E-state index contributed by atoms with van der Waals surface area (Å²) < 4.78 is 28.9. The van der Waals surface area contributed by atoms with E-state index in [1.54, 1.807) is 36.6 Å². The van der Waals surface area contributed by atoms with E-state index in [-0.39, 0.29) is 30.0 Å². The molecule has 134 valence electrons. The highest BCUT2D eigenvalue weighted by molar-refractivity contribution is 7.91. The lowest BCUT2D eigenvalue weighted by Crippen LogP contribution is -2.41. The van der Waals surface area contributed by atoms with Crippen molar-refractivity contribution in [3.05, 3.63) is 53.4 Å². The molecular weight excluding hydrogens is 364 g/mol. The van der Waals surface area contributed by atoms with Crippen molar-refractivity contribution >= 4 is 33.0 Å². The van der Waals surface area contributed by atoms with Crippen LogP contribution < -0.4 is 5.32 Å². The normalized spacial score (nSPS) is 19.2. The van der Waals surface area contributed by atoms with Crippen molar-refractivity contribution in [1.29, 1.82) is 0 Å². The number of halogens is 1. The molecular formula is C17H19ClN2O4S. The van der Waals surface area contributed by atoms with Crippen LogP contribution in [0.2, 0.25) is 5.02 Å². The first-order valence-corrected chi connectivity index (χ1v) is 10.1. The number of rotatable bonds is 6. The van der Waals surface area contributed by atoms with Crippen molar-refractivity contribution in [2.24, 2.45) is 0 Å². The van der Waals surface area contributed by atoms with Gasteiger partial charge in [0.15, 0.2) is 9.84 Å². The van der Waals surface area contributed by atoms with Crippen LogP contribution in [0.1, 0.15) is 12.2 Å². The number of hydrogen-bond acceptors (Lipinski definition) is 5. The van der Waals surface area contributed by atoms with E-state index in [4.69, 9.17) is 16.0 Å². The first-order chi connectivity index (χ1) is 11.9. The molecule has 1 N–H and O–H groups in total. The molecule has 1 saturated heterocycles. The highest BCUT2D eigenvalue weighted by atomic mass is 35.5. The highest BCUT2D eigenvalue weighted by Crippen LogP contribution is 2.20. The zero-order valence-corrected chi connectivity index (χ0v) is 15.1. The molecule has 0 bridgehead atoms. The number of carbonyl (C=O) groups excluding carboxylic acids is 1. The fourth-order valence-corrected chi connectivity index (χ4v) is 4.79. The summed E-state index contributed by atoms with van der Waals surface area (Å²) in [6.45, 7) is 0.477. The van der Waals surface area contributed by atoms with Gasteiger partial charge in [-0.2, -0.15) is 0 Å². The molecule has 0 spiro atoms. The second kappa shape index (κ2) is 7.59. The minimum absolute atomic E-state index is 0.0714. The van der Waals surface area contributed by atoms with Gasteiger partial charge in [0.05, 0.1) is 30.9 Å². The monoisotopic (exact) mass is 382 g/mol. The summed E-state index contributed by atoms with van der Waals surface area (Å²) in [6, 6.07) is 10.2. The summed E-state index contributed by atoms with van der Waals surface area (Å²) in [7, 11) is -3.04. The van der Waals surface area contributed by atoms with Gasteiger partial charge in [-0.1, -0.05) is 11.6 Å². The van der Waals surface area contributed by atoms with Crippen molar-refractivity contribution in [3.63, 3.8) is 0 Å². The first kappa shape index (κ1) is 18.0. The van der Waals surface area contributed by atoms with Gasteiger partial charge in [-0.25, -0.2) is 8.42 Å². The number of nitrogens with one attached hydrogen (secondary N) is 1. The number of furan rings is 1.